The van der Waals surface area contributed by atoms with Gasteiger partial charge in [0, 0.05) is 0 Å². The Kier molecular flexibility index (Phi) is 6.08. The zero-order chi connectivity index (χ0) is 22.8. The number of benzene rings is 2. The second kappa shape index (κ2) is 8.43. The van der Waals surface area contributed by atoms with Crippen LogP contribution in [0.3, 0.4) is 0 Å². The lowest BCUT2D eigenvalue weighted by Crippen LogP contribution is -2.47. The zero-order valence-electron chi connectivity index (χ0n) is 17.7. The van der Waals surface area contributed by atoms with Gasteiger partial charge in [0.2, 0.25) is 0 Å². The minimum Gasteiger partial charge on any atom is -0.497 e. The Bertz CT molecular complexity index is 1120. The van der Waals surface area contributed by atoms with Crippen molar-refractivity contribution in [2.75, 3.05) is 13.7 Å². The number of ether oxygens (including phenoxy) is 2. The first-order valence-electron chi connectivity index (χ1n) is 9.54. The second-order valence-electron chi connectivity index (χ2n) is 7.82. The van der Waals surface area contributed by atoms with Crippen molar-refractivity contribution in [2.45, 2.75) is 26.3 Å². The highest BCUT2D eigenvalue weighted by atomic mass is 32.2. The Labute approximate surface area is 181 Å². The lowest BCUT2D eigenvalue weighted by Gasteiger charge is -2.30. The first-order valence-corrected chi connectivity index (χ1v) is 11.0. The first kappa shape index (κ1) is 22.4. The third-order valence-electron chi connectivity index (χ3n) is 4.47. The highest BCUT2D eigenvalue weighted by Crippen LogP contribution is 2.38. The van der Waals surface area contributed by atoms with E-state index in [0.29, 0.717) is 17.1 Å². The Morgan fingerprint density at radius 1 is 1.00 bits per heavy atom. The maximum Gasteiger partial charge on any atom is 0.330 e. The van der Waals surface area contributed by atoms with E-state index >= 15 is 0 Å². The summed E-state index contributed by atoms with van der Waals surface area (Å²) in [6, 6.07) is 14.7. The van der Waals surface area contributed by atoms with Crippen molar-refractivity contribution < 1.29 is 27.5 Å². The van der Waals surface area contributed by atoms with E-state index in [0.717, 1.165) is 4.31 Å². The van der Waals surface area contributed by atoms with Gasteiger partial charge in [0.05, 0.1) is 12.6 Å². The van der Waals surface area contributed by atoms with Crippen LogP contribution in [0.25, 0.3) is 4.91 Å². The number of sulfonamides is 1. The van der Waals surface area contributed by atoms with Crippen LogP contribution in [0.5, 0.6) is 11.5 Å². The second-order valence-corrected chi connectivity index (χ2v) is 9.54. The smallest absolute Gasteiger partial charge is 0.330 e. The lowest BCUT2D eigenvalue weighted by molar-refractivity contribution is -0.133. The molecule has 0 fully saturated rings. The Hall–Kier alpha value is -3.33. The topological polar surface area (TPSA) is 102 Å². The number of hydrogen-bond acceptors (Lipinski definition) is 7. The van der Waals surface area contributed by atoms with Crippen molar-refractivity contribution in [3.63, 3.8) is 0 Å². The molecule has 8 nitrogen and oxygen atoms in total. The molecule has 2 aromatic rings. The molecule has 1 aliphatic heterocycles. The van der Waals surface area contributed by atoms with Crippen LogP contribution < -0.4 is 14.8 Å². The summed E-state index contributed by atoms with van der Waals surface area (Å²) in [7, 11) is -2.59. The molecule has 3 rings (SSSR count). The molecule has 0 aliphatic carbocycles. The summed E-state index contributed by atoms with van der Waals surface area (Å²) in [6.07, 6.45) is 0. The van der Waals surface area contributed by atoms with Crippen LogP contribution in [0.2, 0.25) is 0 Å². The lowest BCUT2D eigenvalue weighted by atomic mass is 10.1. The molecule has 0 radical (unpaired) electrons. The van der Waals surface area contributed by atoms with Crippen molar-refractivity contribution in [3.8, 4) is 11.5 Å². The summed E-state index contributed by atoms with van der Waals surface area (Å²) in [5.41, 5.74) is -0.787. The average molecular weight is 445 g/mol. The molecule has 31 heavy (non-hydrogen) atoms. The molecule has 1 aliphatic rings. The minimum absolute atomic E-state index is 0.159. The first-order chi connectivity index (χ1) is 14.6. The van der Waals surface area contributed by atoms with Gasteiger partial charge in [-0.15, -0.1) is 0 Å². The molecule has 1 amide bonds. The van der Waals surface area contributed by atoms with E-state index < -0.39 is 34.0 Å². The fourth-order valence-electron chi connectivity index (χ4n) is 3.20. The van der Waals surface area contributed by atoms with Gasteiger partial charge in [-0.2, -0.15) is 0 Å². The van der Waals surface area contributed by atoms with Gasteiger partial charge in [-0.25, -0.2) is 17.5 Å². The molecule has 0 spiro atoms. The van der Waals surface area contributed by atoms with E-state index in [9.17, 15) is 18.0 Å². The molecule has 1 heterocycles. The molecule has 0 saturated carbocycles. The molecular weight excluding hydrogens is 420 g/mol. The summed E-state index contributed by atoms with van der Waals surface area (Å²) in [5, 5.41) is 2.69. The normalized spacial score (nSPS) is 15.7. The third kappa shape index (κ3) is 4.56. The van der Waals surface area contributed by atoms with Gasteiger partial charge >= 0.3 is 5.97 Å². The molecule has 1 N–H and O–H groups in total. The molecule has 0 atom stereocenters. The van der Waals surface area contributed by atoms with Crippen molar-refractivity contribution in [1.82, 2.24) is 9.62 Å². The van der Waals surface area contributed by atoms with Crippen LogP contribution in [-0.4, -0.2) is 43.8 Å². The van der Waals surface area contributed by atoms with E-state index in [2.05, 4.69) is 5.32 Å². The molecule has 9 heteroatoms. The van der Waals surface area contributed by atoms with Crippen LogP contribution in [-0.2, 0) is 19.6 Å². The molecule has 0 aromatic heterocycles. The standard InChI is InChI=1S/C22H24N2O6S/c1-22(2,3)24-21(26)19(20(31(24,27)28)15-8-6-5-7-9-15)23-14-18(25)30-17-12-10-16(29-4)11-13-17/h5-13,23H,14H2,1-4H3. The highest BCUT2D eigenvalue weighted by Gasteiger charge is 2.49. The number of amides is 1. The van der Waals surface area contributed by atoms with Gasteiger partial charge in [-0.1, -0.05) is 30.3 Å². The van der Waals surface area contributed by atoms with Gasteiger partial charge in [0.25, 0.3) is 15.9 Å². The molecule has 0 unspecified atom stereocenters. The number of carbonyl (C=O) groups is 2. The van der Waals surface area contributed by atoms with Gasteiger partial charge in [0.1, 0.15) is 28.6 Å². The summed E-state index contributed by atoms with van der Waals surface area (Å²) in [5.74, 6) is -0.487. The molecule has 0 saturated heterocycles. The van der Waals surface area contributed by atoms with Crippen LogP contribution in [0.4, 0.5) is 0 Å². The summed E-state index contributed by atoms with van der Waals surface area (Å²) in [6.45, 7) is 4.50. The summed E-state index contributed by atoms with van der Waals surface area (Å²) in [4.78, 5) is 25.2. The van der Waals surface area contributed by atoms with Gasteiger partial charge < -0.3 is 14.8 Å². The maximum absolute atomic E-state index is 13.2. The van der Waals surface area contributed by atoms with E-state index in [1.54, 1.807) is 75.4 Å². The van der Waals surface area contributed by atoms with Crippen molar-refractivity contribution in [1.29, 1.82) is 0 Å². The summed E-state index contributed by atoms with van der Waals surface area (Å²) < 4.78 is 37.6. The number of rotatable bonds is 6. The fourth-order valence-corrected chi connectivity index (χ4v) is 5.27. The van der Waals surface area contributed by atoms with Crippen LogP contribution in [0, 0.1) is 0 Å². The molecule has 0 bridgehead atoms. The number of hydrogen-bond donors (Lipinski definition) is 1. The van der Waals surface area contributed by atoms with Gasteiger partial charge in [-0.05, 0) is 50.6 Å². The van der Waals surface area contributed by atoms with E-state index in [1.165, 1.54) is 7.11 Å². The number of methoxy groups -OCH3 is 1. The predicted molar refractivity (Wildman–Crippen MR) is 116 cm³/mol. The number of nitrogens with zero attached hydrogens (tertiary/aromatic N) is 1. The average Bonchev–Trinajstić information content (AvgIpc) is 2.92. The van der Waals surface area contributed by atoms with Gasteiger partial charge in [-0.3, -0.25) is 4.79 Å². The molecule has 164 valence electrons. The van der Waals surface area contributed by atoms with Crippen molar-refractivity contribution >= 4 is 26.8 Å². The van der Waals surface area contributed by atoms with Crippen molar-refractivity contribution in [3.05, 3.63) is 65.9 Å². The third-order valence-corrected chi connectivity index (χ3v) is 6.62. The minimum atomic E-state index is -4.12. The Morgan fingerprint density at radius 3 is 2.13 bits per heavy atom. The quantitative estimate of drug-likeness (QED) is 0.540. The SMILES string of the molecule is COc1ccc(OC(=O)CNC2=C(c3ccccc3)S(=O)(=O)N(C(C)(C)C)C2=O)cc1. The van der Waals surface area contributed by atoms with E-state index in [-0.39, 0.29) is 10.6 Å². The van der Waals surface area contributed by atoms with Crippen LogP contribution >= 0.6 is 0 Å². The summed E-state index contributed by atoms with van der Waals surface area (Å²) >= 11 is 0. The van der Waals surface area contributed by atoms with Crippen LogP contribution in [0.15, 0.2) is 60.3 Å². The Balaban J connectivity index is 1.88. The predicted octanol–water partition coefficient (Wildman–Crippen LogP) is 2.53. The molecule has 2 aromatic carbocycles. The van der Waals surface area contributed by atoms with E-state index in [1.807, 2.05) is 0 Å². The fraction of sp³-hybridized carbons (Fsp3) is 0.273. The molecular formula is C22H24N2O6S. The van der Waals surface area contributed by atoms with Gasteiger partial charge in [0.15, 0.2) is 0 Å². The highest BCUT2D eigenvalue weighted by molar-refractivity contribution is 7.99. The van der Waals surface area contributed by atoms with Crippen molar-refractivity contribution in [2.24, 2.45) is 0 Å². The number of esters is 1. The number of carbonyl (C=O) groups excluding carboxylic acids is 2. The number of nitrogens with one attached hydrogen (secondary N) is 1. The monoisotopic (exact) mass is 444 g/mol. The van der Waals surface area contributed by atoms with E-state index in [4.69, 9.17) is 9.47 Å². The zero-order valence-corrected chi connectivity index (χ0v) is 18.5. The Morgan fingerprint density at radius 2 is 1.58 bits per heavy atom. The largest absolute Gasteiger partial charge is 0.497 e. The maximum atomic E-state index is 13.2. The van der Waals surface area contributed by atoms with Crippen LogP contribution in [0.1, 0.15) is 26.3 Å².